The lowest BCUT2D eigenvalue weighted by atomic mass is 10.4. The average Bonchev–Trinajstić information content (AvgIpc) is 2.36. The van der Waals surface area contributed by atoms with Crippen molar-refractivity contribution in [1.29, 1.82) is 0 Å². The molecule has 0 heterocycles. The van der Waals surface area contributed by atoms with Gasteiger partial charge in [-0.25, -0.2) is 0 Å². The lowest BCUT2D eigenvalue weighted by Gasteiger charge is -2.35. The predicted octanol–water partition coefficient (Wildman–Crippen LogP) is 2.53. The molecule has 0 aromatic heterocycles. The fourth-order valence-electron chi connectivity index (χ4n) is 1.48. The maximum atomic E-state index is 5.89. The second kappa shape index (κ2) is 9.62. The van der Waals surface area contributed by atoms with Crippen LogP contribution >= 0.6 is 0 Å². The number of ether oxygens (including phenoxy) is 3. The first-order valence-corrected chi connectivity index (χ1v) is 8.48. The van der Waals surface area contributed by atoms with Gasteiger partial charge in [-0.15, -0.1) is 6.58 Å². The van der Waals surface area contributed by atoms with Crippen LogP contribution in [0.15, 0.2) is 12.2 Å². The molecule has 6 nitrogen and oxygen atoms in total. The standard InChI is InChI=1S/C13H28O6Si/c1-10(2)9-20(17-11(3)14-6,18-12(4)15-7)19-13(5)16-8/h11-13H,1,9H2,2-8H3. The molecule has 0 amide bonds. The summed E-state index contributed by atoms with van der Waals surface area (Å²) in [6.45, 7) is 11.1. The zero-order valence-electron chi connectivity index (χ0n) is 13.6. The molecule has 3 atom stereocenters. The van der Waals surface area contributed by atoms with E-state index in [0.29, 0.717) is 6.04 Å². The van der Waals surface area contributed by atoms with Gasteiger partial charge in [0, 0.05) is 27.4 Å². The topological polar surface area (TPSA) is 55.4 Å². The third-order valence-corrected chi connectivity index (χ3v) is 5.66. The Kier molecular flexibility index (Phi) is 9.48. The van der Waals surface area contributed by atoms with Crippen molar-refractivity contribution < 1.29 is 27.5 Å². The Balaban J connectivity index is 5.19. The minimum absolute atomic E-state index is 0.460. The summed E-state index contributed by atoms with van der Waals surface area (Å²) in [4.78, 5) is 0. The number of hydrogen-bond donors (Lipinski definition) is 0. The van der Waals surface area contributed by atoms with Gasteiger partial charge in [-0.3, -0.25) is 0 Å². The third kappa shape index (κ3) is 7.49. The van der Waals surface area contributed by atoms with Crippen LogP contribution < -0.4 is 0 Å². The molecule has 0 radical (unpaired) electrons. The molecule has 0 aromatic carbocycles. The van der Waals surface area contributed by atoms with Crippen molar-refractivity contribution >= 4 is 8.80 Å². The molecule has 0 aliphatic rings. The van der Waals surface area contributed by atoms with Gasteiger partial charge in [0.05, 0.1) is 0 Å². The first-order chi connectivity index (χ1) is 9.28. The number of allylic oxidation sites excluding steroid dienone is 1. The quantitative estimate of drug-likeness (QED) is 0.332. The average molecular weight is 308 g/mol. The van der Waals surface area contributed by atoms with Crippen LogP contribution in [0.25, 0.3) is 0 Å². The highest BCUT2D eigenvalue weighted by molar-refractivity contribution is 6.61. The first kappa shape index (κ1) is 19.7. The van der Waals surface area contributed by atoms with Crippen LogP contribution in [0.5, 0.6) is 0 Å². The van der Waals surface area contributed by atoms with Crippen molar-refractivity contribution in [3.8, 4) is 0 Å². The molecule has 0 aliphatic carbocycles. The van der Waals surface area contributed by atoms with Crippen molar-refractivity contribution in [2.24, 2.45) is 0 Å². The van der Waals surface area contributed by atoms with E-state index < -0.39 is 27.7 Å². The van der Waals surface area contributed by atoms with Crippen LogP contribution in [0.4, 0.5) is 0 Å². The fourth-order valence-corrected chi connectivity index (χ4v) is 4.44. The molecule has 0 spiro atoms. The highest BCUT2D eigenvalue weighted by Crippen LogP contribution is 2.25. The normalized spacial score (nSPS) is 19.1. The van der Waals surface area contributed by atoms with E-state index in [1.807, 2.05) is 6.92 Å². The van der Waals surface area contributed by atoms with Crippen LogP contribution in [0.1, 0.15) is 27.7 Å². The van der Waals surface area contributed by atoms with Crippen LogP contribution in [-0.4, -0.2) is 49.0 Å². The Labute approximate surface area is 123 Å². The molecular weight excluding hydrogens is 280 g/mol. The van der Waals surface area contributed by atoms with E-state index in [1.54, 1.807) is 42.1 Å². The summed E-state index contributed by atoms with van der Waals surface area (Å²) >= 11 is 0. The smallest absolute Gasteiger partial charge is 0.357 e. The van der Waals surface area contributed by atoms with E-state index in [2.05, 4.69) is 6.58 Å². The predicted molar refractivity (Wildman–Crippen MR) is 78.0 cm³/mol. The lowest BCUT2D eigenvalue weighted by Crippen LogP contribution is -2.52. The Morgan fingerprint density at radius 1 is 0.850 bits per heavy atom. The molecule has 0 bridgehead atoms. The van der Waals surface area contributed by atoms with Crippen molar-refractivity contribution in [2.75, 3.05) is 21.3 Å². The summed E-state index contributed by atoms with van der Waals surface area (Å²) < 4.78 is 33.2. The summed E-state index contributed by atoms with van der Waals surface area (Å²) in [6.07, 6.45) is -1.39. The van der Waals surface area contributed by atoms with Crippen LogP contribution in [0.2, 0.25) is 6.04 Å². The minimum atomic E-state index is -3.09. The van der Waals surface area contributed by atoms with Gasteiger partial charge in [0.2, 0.25) is 0 Å². The van der Waals surface area contributed by atoms with Crippen molar-refractivity contribution in [1.82, 2.24) is 0 Å². The van der Waals surface area contributed by atoms with Gasteiger partial charge in [-0.2, -0.15) is 0 Å². The third-order valence-electron chi connectivity index (χ3n) is 2.55. The van der Waals surface area contributed by atoms with Crippen LogP contribution in [-0.2, 0) is 27.5 Å². The number of hydrogen-bond acceptors (Lipinski definition) is 6. The molecule has 0 aromatic rings. The largest absolute Gasteiger partial charge is 0.511 e. The maximum absolute atomic E-state index is 5.89. The summed E-state index contributed by atoms with van der Waals surface area (Å²) in [5.41, 5.74) is 0.895. The second-order valence-corrected chi connectivity index (χ2v) is 7.01. The van der Waals surface area contributed by atoms with Gasteiger partial charge < -0.3 is 27.5 Å². The van der Waals surface area contributed by atoms with Crippen LogP contribution in [0.3, 0.4) is 0 Å². The number of methoxy groups -OCH3 is 3. The first-order valence-electron chi connectivity index (χ1n) is 6.54. The van der Waals surface area contributed by atoms with E-state index in [4.69, 9.17) is 27.5 Å². The summed E-state index contributed by atoms with van der Waals surface area (Å²) in [6, 6.07) is 0.460. The summed E-state index contributed by atoms with van der Waals surface area (Å²) in [5, 5.41) is 0. The molecule has 0 aliphatic heterocycles. The van der Waals surface area contributed by atoms with Gasteiger partial charge >= 0.3 is 8.80 Å². The van der Waals surface area contributed by atoms with Gasteiger partial charge in [-0.05, 0) is 27.7 Å². The highest BCUT2D eigenvalue weighted by Gasteiger charge is 2.46. The fraction of sp³-hybridized carbons (Fsp3) is 0.846. The van der Waals surface area contributed by atoms with Gasteiger partial charge in [0.25, 0.3) is 0 Å². The minimum Gasteiger partial charge on any atom is -0.357 e. The van der Waals surface area contributed by atoms with Crippen molar-refractivity contribution in [3.63, 3.8) is 0 Å². The van der Waals surface area contributed by atoms with E-state index in [9.17, 15) is 0 Å². The van der Waals surface area contributed by atoms with Crippen LogP contribution in [0, 0.1) is 0 Å². The van der Waals surface area contributed by atoms with Gasteiger partial charge in [0.15, 0.2) is 0 Å². The highest BCUT2D eigenvalue weighted by atomic mass is 28.4. The molecular formula is C13H28O6Si. The molecule has 7 heteroatoms. The molecule has 0 fully saturated rings. The Morgan fingerprint density at radius 2 is 1.15 bits per heavy atom. The van der Waals surface area contributed by atoms with Crippen molar-refractivity contribution in [3.05, 3.63) is 12.2 Å². The second-order valence-electron chi connectivity index (χ2n) is 4.58. The molecule has 0 N–H and O–H groups in total. The van der Waals surface area contributed by atoms with Crippen molar-refractivity contribution in [2.45, 2.75) is 52.6 Å². The SMILES string of the molecule is C=C(C)C[Si](OC(C)OC)(OC(C)OC)OC(C)OC. The monoisotopic (exact) mass is 308 g/mol. The molecule has 3 unspecified atom stereocenters. The maximum Gasteiger partial charge on any atom is 0.511 e. The lowest BCUT2D eigenvalue weighted by molar-refractivity contribution is -0.162. The molecule has 0 rings (SSSR count). The Morgan fingerprint density at radius 3 is 1.35 bits per heavy atom. The van der Waals surface area contributed by atoms with E-state index in [1.165, 1.54) is 0 Å². The zero-order chi connectivity index (χ0) is 15.8. The zero-order valence-corrected chi connectivity index (χ0v) is 14.6. The Bertz CT molecular complexity index is 255. The summed E-state index contributed by atoms with van der Waals surface area (Å²) in [7, 11) is 1.59. The Hall–Kier alpha value is -0.283. The van der Waals surface area contributed by atoms with E-state index in [0.717, 1.165) is 5.57 Å². The van der Waals surface area contributed by atoms with E-state index >= 15 is 0 Å². The molecule has 0 saturated heterocycles. The molecule has 20 heavy (non-hydrogen) atoms. The summed E-state index contributed by atoms with van der Waals surface area (Å²) in [5.74, 6) is 0. The molecule has 120 valence electrons. The van der Waals surface area contributed by atoms with Gasteiger partial charge in [0.1, 0.15) is 18.9 Å². The number of rotatable bonds is 11. The molecule has 0 saturated carbocycles. The van der Waals surface area contributed by atoms with E-state index in [-0.39, 0.29) is 0 Å². The van der Waals surface area contributed by atoms with Gasteiger partial charge in [-0.1, -0.05) is 5.57 Å².